The van der Waals surface area contributed by atoms with E-state index in [-0.39, 0.29) is 12.6 Å². The van der Waals surface area contributed by atoms with Crippen molar-refractivity contribution < 1.29 is 13.2 Å². The SMILES string of the molecule is Cc1ccc([C@@H](NC(=O)CNS(C)(=O)=O)c2ccncc2)cc1. The maximum Gasteiger partial charge on any atom is 0.235 e. The van der Waals surface area contributed by atoms with Gasteiger partial charge in [-0.05, 0) is 30.2 Å². The molecule has 0 radical (unpaired) electrons. The number of nitrogens with one attached hydrogen (secondary N) is 2. The maximum atomic E-state index is 12.1. The predicted octanol–water partition coefficient (Wildman–Crippen LogP) is 1.14. The number of carbonyl (C=O) groups excluding carboxylic acids is 1. The van der Waals surface area contributed by atoms with E-state index < -0.39 is 15.9 Å². The predicted molar refractivity (Wildman–Crippen MR) is 88.2 cm³/mol. The van der Waals surface area contributed by atoms with Gasteiger partial charge in [0, 0.05) is 12.4 Å². The molecule has 0 aliphatic rings. The summed E-state index contributed by atoms with van der Waals surface area (Å²) < 4.78 is 24.4. The van der Waals surface area contributed by atoms with Gasteiger partial charge in [0.15, 0.2) is 0 Å². The van der Waals surface area contributed by atoms with Gasteiger partial charge >= 0.3 is 0 Å². The third-order valence-corrected chi connectivity index (χ3v) is 3.92. The van der Waals surface area contributed by atoms with E-state index in [0.717, 1.165) is 22.9 Å². The Bertz CT molecular complexity index is 759. The first kappa shape index (κ1) is 17.1. The lowest BCUT2D eigenvalue weighted by atomic mass is 9.98. The Hall–Kier alpha value is -2.25. The molecule has 1 aromatic carbocycles. The Morgan fingerprint density at radius 3 is 2.22 bits per heavy atom. The van der Waals surface area contributed by atoms with Gasteiger partial charge in [-0.2, -0.15) is 0 Å². The number of hydrogen-bond acceptors (Lipinski definition) is 4. The van der Waals surface area contributed by atoms with Gasteiger partial charge in [-0.1, -0.05) is 29.8 Å². The first-order valence-corrected chi connectivity index (χ1v) is 8.95. The van der Waals surface area contributed by atoms with Crippen molar-refractivity contribution in [2.24, 2.45) is 0 Å². The fourth-order valence-electron chi connectivity index (χ4n) is 2.08. The van der Waals surface area contributed by atoms with Crippen LogP contribution in [0.25, 0.3) is 0 Å². The van der Waals surface area contributed by atoms with Crippen molar-refractivity contribution in [1.82, 2.24) is 15.0 Å². The third kappa shape index (κ3) is 5.46. The molecule has 2 N–H and O–H groups in total. The molecule has 23 heavy (non-hydrogen) atoms. The van der Waals surface area contributed by atoms with Crippen LogP contribution in [0.2, 0.25) is 0 Å². The van der Waals surface area contributed by atoms with E-state index in [2.05, 4.69) is 15.0 Å². The highest BCUT2D eigenvalue weighted by Crippen LogP contribution is 2.21. The molecule has 0 spiro atoms. The minimum atomic E-state index is -3.41. The van der Waals surface area contributed by atoms with Gasteiger partial charge in [0.25, 0.3) is 0 Å². The Kier molecular flexibility index (Phi) is 5.46. The summed E-state index contributed by atoms with van der Waals surface area (Å²) in [6, 6.07) is 11.1. The Balaban J connectivity index is 2.21. The van der Waals surface area contributed by atoms with Crippen molar-refractivity contribution in [2.45, 2.75) is 13.0 Å². The van der Waals surface area contributed by atoms with E-state index in [9.17, 15) is 13.2 Å². The molecule has 0 saturated heterocycles. The van der Waals surface area contributed by atoms with Crippen LogP contribution in [-0.4, -0.2) is 32.1 Å². The molecule has 2 rings (SSSR count). The van der Waals surface area contributed by atoms with Crippen LogP contribution in [0, 0.1) is 6.92 Å². The van der Waals surface area contributed by atoms with Crippen LogP contribution in [0.4, 0.5) is 0 Å². The van der Waals surface area contributed by atoms with Crippen molar-refractivity contribution in [3.05, 3.63) is 65.5 Å². The van der Waals surface area contributed by atoms with Gasteiger partial charge in [-0.25, -0.2) is 13.1 Å². The van der Waals surface area contributed by atoms with E-state index >= 15 is 0 Å². The highest BCUT2D eigenvalue weighted by atomic mass is 32.2. The lowest BCUT2D eigenvalue weighted by Gasteiger charge is -2.20. The molecular formula is C16H19N3O3S. The summed E-state index contributed by atoms with van der Waals surface area (Å²) in [4.78, 5) is 16.0. The number of amides is 1. The number of carbonyl (C=O) groups is 1. The summed E-state index contributed by atoms with van der Waals surface area (Å²) >= 11 is 0. The van der Waals surface area contributed by atoms with Crippen LogP contribution in [-0.2, 0) is 14.8 Å². The molecule has 7 heteroatoms. The lowest BCUT2D eigenvalue weighted by Crippen LogP contribution is -2.38. The number of rotatable bonds is 6. The minimum Gasteiger partial charge on any atom is -0.344 e. The van der Waals surface area contributed by atoms with Crippen molar-refractivity contribution in [3.8, 4) is 0 Å². The largest absolute Gasteiger partial charge is 0.344 e. The molecule has 1 amide bonds. The molecule has 0 fully saturated rings. The molecule has 0 unspecified atom stereocenters. The molecule has 1 atom stereocenters. The number of aryl methyl sites for hydroxylation is 1. The zero-order valence-electron chi connectivity index (χ0n) is 13.0. The van der Waals surface area contributed by atoms with Crippen molar-refractivity contribution >= 4 is 15.9 Å². The second kappa shape index (κ2) is 7.34. The molecule has 1 heterocycles. The number of nitrogens with zero attached hydrogens (tertiary/aromatic N) is 1. The number of hydrogen-bond donors (Lipinski definition) is 2. The summed E-state index contributed by atoms with van der Waals surface area (Å²) in [5, 5.41) is 2.85. The molecular weight excluding hydrogens is 314 g/mol. The summed E-state index contributed by atoms with van der Waals surface area (Å²) in [6.07, 6.45) is 4.31. The molecule has 0 saturated carbocycles. The molecule has 6 nitrogen and oxygen atoms in total. The molecule has 0 bridgehead atoms. The number of sulfonamides is 1. The number of benzene rings is 1. The van der Waals surface area contributed by atoms with Gasteiger partial charge < -0.3 is 5.32 Å². The zero-order valence-corrected chi connectivity index (χ0v) is 13.8. The summed E-state index contributed by atoms with van der Waals surface area (Å²) in [7, 11) is -3.41. The second-order valence-electron chi connectivity index (χ2n) is 5.29. The fourth-order valence-corrected chi connectivity index (χ4v) is 2.48. The van der Waals surface area contributed by atoms with Crippen LogP contribution >= 0.6 is 0 Å². The Labute approximate surface area is 136 Å². The van der Waals surface area contributed by atoms with Crippen molar-refractivity contribution in [2.75, 3.05) is 12.8 Å². The third-order valence-electron chi connectivity index (χ3n) is 3.25. The topological polar surface area (TPSA) is 88.2 Å². The monoisotopic (exact) mass is 333 g/mol. The summed E-state index contributed by atoms with van der Waals surface area (Å²) in [5.41, 5.74) is 2.90. The molecule has 0 aliphatic heterocycles. The average Bonchev–Trinajstić information content (AvgIpc) is 2.52. The molecule has 2 aromatic rings. The average molecular weight is 333 g/mol. The lowest BCUT2D eigenvalue weighted by molar-refractivity contribution is -0.120. The fraction of sp³-hybridized carbons (Fsp3) is 0.250. The number of pyridine rings is 1. The van der Waals surface area contributed by atoms with E-state index in [1.165, 1.54) is 0 Å². The van der Waals surface area contributed by atoms with Gasteiger partial charge in [-0.15, -0.1) is 0 Å². The molecule has 122 valence electrons. The van der Waals surface area contributed by atoms with Crippen LogP contribution in [0.5, 0.6) is 0 Å². The van der Waals surface area contributed by atoms with Gasteiger partial charge in [0.1, 0.15) is 0 Å². The first-order valence-electron chi connectivity index (χ1n) is 7.05. The molecule has 1 aromatic heterocycles. The van der Waals surface area contributed by atoms with Gasteiger partial charge in [0.05, 0.1) is 18.8 Å². The molecule has 0 aliphatic carbocycles. The summed E-state index contributed by atoms with van der Waals surface area (Å²) in [6.45, 7) is 1.69. The first-order chi connectivity index (χ1) is 10.8. The van der Waals surface area contributed by atoms with E-state index in [1.807, 2.05) is 43.3 Å². The van der Waals surface area contributed by atoms with Crippen molar-refractivity contribution in [1.29, 1.82) is 0 Å². The standard InChI is InChI=1S/C16H19N3O3S/c1-12-3-5-13(6-4-12)16(14-7-9-17-10-8-14)19-15(20)11-18-23(2,21)22/h3-10,16,18H,11H2,1-2H3,(H,19,20)/t16-/m1/s1. The van der Waals surface area contributed by atoms with Crippen LogP contribution in [0.15, 0.2) is 48.8 Å². The minimum absolute atomic E-state index is 0.299. The quantitative estimate of drug-likeness (QED) is 0.830. The van der Waals surface area contributed by atoms with Crippen LogP contribution < -0.4 is 10.0 Å². The Morgan fingerprint density at radius 2 is 1.65 bits per heavy atom. The number of aromatic nitrogens is 1. The Morgan fingerprint density at radius 1 is 1.09 bits per heavy atom. The normalized spacial score (nSPS) is 12.6. The van der Waals surface area contributed by atoms with E-state index in [1.54, 1.807) is 12.4 Å². The van der Waals surface area contributed by atoms with Gasteiger partial charge in [0.2, 0.25) is 15.9 Å². The van der Waals surface area contributed by atoms with Crippen LogP contribution in [0.3, 0.4) is 0 Å². The van der Waals surface area contributed by atoms with E-state index in [4.69, 9.17) is 0 Å². The van der Waals surface area contributed by atoms with E-state index in [0.29, 0.717) is 0 Å². The highest BCUT2D eigenvalue weighted by molar-refractivity contribution is 7.88. The highest BCUT2D eigenvalue weighted by Gasteiger charge is 2.17. The summed E-state index contributed by atoms with van der Waals surface area (Å²) in [5.74, 6) is -0.405. The van der Waals surface area contributed by atoms with Crippen LogP contribution in [0.1, 0.15) is 22.7 Å². The van der Waals surface area contributed by atoms with Crippen molar-refractivity contribution in [3.63, 3.8) is 0 Å². The van der Waals surface area contributed by atoms with Gasteiger partial charge in [-0.3, -0.25) is 9.78 Å². The zero-order chi connectivity index (χ0) is 16.9. The maximum absolute atomic E-state index is 12.1. The second-order valence-corrected chi connectivity index (χ2v) is 7.12. The smallest absolute Gasteiger partial charge is 0.235 e.